The van der Waals surface area contributed by atoms with Crippen molar-refractivity contribution >= 4 is 30.7 Å². The van der Waals surface area contributed by atoms with Crippen molar-refractivity contribution in [2.24, 2.45) is 5.73 Å². The number of β-amino-alcohol motifs (C(OH)–C–C–N with tert-alkyl or cyclic N) is 1. The number of carbonyl (C=O) groups excluding carboxylic acids is 1. The molecule has 2 aromatic carbocycles. The molecule has 0 spiro atoms. The van der Waals surface area contributed by atoms with Gasteiger partial charge in [0.2, 0.25) is 5.91 Å². The van der Waals surface area contributed by atoms with Crippen LogP contribution in [0.2, 0.25) is 0 Å². The normalized spacial score (nSPS) is 16.4. The highest BCUT2D eigenvalue weighted by atomic mass is 35.5. The molecular weight excluding hydrogens is 397 g/mol. The van der Waals surface area contributed by atoms with E-state index in [9.17, 15) is 9.90 Å². The maximum Gasteiger partial charge on any atom is 0.224 e. The Morgan fingerprint density at radius 3 is 1.93 bits per heavy atom. The molecule has 1 saturated heterocycles. The second kappa shape index (κ2) is 12.0. The Morgan fingerprint density at radius 1 is 0.893 bits per heavy atom. The van der Waals surface area contributed by atoms with Gasteiger partial charge < -0.3 is 15.7 Å². The largest absolute Gasteiger partial charge is 0.387 e. The number of aliphatic hydroxyl groups excluding tert-OH is 1. The van der Waals surface area contributed by atoms with Crippen LogP contribution < -0.4 is 5.73 Å². The Balaban J connectivity index is 0.00000196. The van der Waals surface area contributed by atoms with E-state index >= 15 is 0 Å². The number of hydrogen-bond donors (Lipinski definition) is 2. The Hall–Kier alpha value is -1.63. The van der Waals surface area contributed by atoms with Gasteiger partial charge in [-0.2, -0.15) is 0 Å². The van der Waals surface area contributed by atoms with Crippen LogP contribution in [0.15, 0.2) is 60.7 Å². The molecule has 28 heavy (non-hydrogen) atoms. The highest BCUT2D eigenvalue weighted by Gasteiger charge is 2.24. The molecule has 154 valence electrons. The van der Waals surface area contributed by atoms with Crippen molar-refractivity contribution in [1.29, 1.82) is 0 Å². The first-order valence-corrected chi connectivity index (χ1v) is 9.17. The number of benzene rings is 2. The molecule has 0 aromatic heterocycles. The highest BCUT2D eigenvalue weighted by Crippen LogP contribution is 2.17. The summed E-state index contributed by atoms with van der Waals surface area (Å²) >= 11 is 0. The second-order valence-electron chi connectivity index (χ2n) is 6.83. The molecule has 5 nitrogen and oxygen atoms in total. The third-order valence-electron chi connectivity index (χ3n) is 4.96. The Labute approximate surface area is 179 Å². The maximum absolute atomic E-state index is 12.5. The van der Waals surface area contributed by atoms with Gasteiger partial charge in [0, 0.05) is 45.2 Å². The molecule has 0 radical (unpaired) electrons. The third-order valence-corrected chi connectivity index (χ3v) is 4.96. The SMILES string of the molecule is Cl.Cl.NC(CC(=O)N1CCN(CC(O)c2ccccc2)CC1)c1ccccc1. The molecule has 1 aliphatic heterocycles. The van der Waals surface area contributed by atoms with Gasteiger partial charge in [-0.3, -0.25) is 9.69 Å². The molecule has 0 saturated carbocycles. The van der Waals surface area contributed by atoms with Crippen LogP contribution in [-0.2, 0) is 4.79 Å². The molecule has 0 aliphatic carbocycles. The van der Waals surface area contributed by atoms with E-state index in [0.29, 0.717) is 26.1 Å². The van der Waals surface area contributed by atoms with Crippen LogP contribution in [0, 0.1) is 0 Å². The summed E-state index contributed by atoms with van der Waals surface area (Å²) in [5.41, 5.74) is 8.09. The van der Waals surface area contributed by atoms with E-state index in [-0.39, 0.29) is 36.8 Å². The lowest BCUT2D eigenvalue weighted by Crippen LogP contribution is -2.50. The van der Waals surface area contributed by atoms with Gasteiger partial charge in [-0.15, -0.1) is 24.8 Å². The fourth-order valence-corrected chi connectivity index (χ4v) is 3.34. The Kier molecular flexibility index (Phi) is 10.5. The van der Waals surface area contributed by atoms with Crippen LogP contribution in [-0.4, -0.2) is 53.5 Å². The molecule has 3 N–H and O–H groups in total. The van der Waals surface area contributed by atoms with Gasteiger partial charge in [-0.05, 0) is 11.1 Å². The predicted octanol–water partition coefficient (Wildman–Crippen LogP) is 2.80. The fourth-order valence-electron chi connectivity index (χ4n) is 3.34. The van der Waals surface area contributed by atoms with Crippen LogP contribution in [0.1, 0.15) is 29.7 Å². The first-order chi connectivity index (χ1) is 12.6. The lowest BCUT2D eigenvalue weighted by atomic mass is 10.0. The van der Waals surface area contributed by atoms with Crippen molar-refractivity contribution < 1.29 is 9.90 Å². The van der Waals surface area contributed by atoms with Crippen LogP contribution in [0.25, 0.3) is 0 Å². The minimum Gasteiger partial charge on any atom is -0.387 e. The zero-order valence-electron chi connectivity index (χ0n) is 15.8. The number of nitrogens with zero attached hydrogens (tertiary/aromatic N) is 2. The molecule has 1 heterocycles. The minimum atomic E-state index is -0.495. The van der Waals surface area contributed by atoms with Gasteiger partial charge in [0.1, 0.15) is 0 Å². The van der Waals surface area contributed by atoms with Crippen molar-refractivity contribution in [2.45, 2.75) is 18.6 Å². The van der Waals surface area contributed by atoms with Gasteiger partial charge in [0.25, 0.3) is 0 Å². The molecule has 1 amide bonds. The summed E-state index contributed by atoms with van der Waals surface area (Å²) in [6.07, 6.45) is -0.165. The van der Waals surface area contributed by atoms with E-state index in [4.69, 9.17) is 5.73 Å². The summed E-state index contributed by atoms with van der Waals surface area (Å²) in [6.45, 7) is 3.51. The average Bonchev–Trinajstić information content (AvgIpc) is 2.69. The van der Waals surface area contributed by atoms with E-state index in [1.54, 1.807) is 0 Å². The number of rotatable bonds is 6. The maximum atomic E-state index is 12.5. The van der Waals surface area contributed by atoms with E-state index in [1.807, 2.05) is 65.6 Å². The number of amides is 1. The van der Waals surface area contributed by atoms with Gasteiger partial charge >= 0.3 is 0 Å². The standard InChI is InChI=1S/C21H27N3O2.2ClH/c22-19(17-7-3-1-4-8-17)15-21(26)24-13-11-23(12-14-24)16-20(25)18-9-5-2-6-10-18;;/h1-10,19-20,25H,11-16,22H2;2*1H. The van der Waals surface area contributed by atoms with Gasteiger partial charge in [-0.1, -0.05) is 60.7 Å². The predicted molar refractivity (Wildman–Crippen MR) is 117 cm³/mol. The molecule has 0 bridgehead atoms. The van der Waals surface area contributed by atoms with Crippen molar-refractivity contribution in [3.8, 4) is 0 Å². The zero-order chi connectivity index (χ0) is 18.4. The molecule has 1 fully saturated rings. The molecule has 3 rings (SSSR count). The molecule has 2 atom stereocenters. The molecular formula is C21H29Cl2N3O2. The topological polar surface area (TPSA) is 69.8 Å². The smallest absolute Gasteiger partial charge is 0.224 e. The first kappa shape index (κ1) is 24.4. The summed E-state index contributed by atoms with van der Waals surface area (Å²) in [4.78, 5) is 16.6. The average molecular weight is 426 g/mol. The summed E-state index contributed by atoms with van der Waals surface area (Å²) in [5, 5.41) is 10.4. The quantitative estimate of drug-likeness (QED) is 0.746. The molecule has 2 unspecified atom stereocenters. The number of halogens is 2. The van der Waals surface area contributed by atoms with Crippen LogP contribution in [0.4, 0.5) is 0 Å². The number of hydrogen-bond acceptors (Lipinski definition) is 4. The lowest BCUT2D eigenvalue weighted by molar-refractivity contribution is -0.133. The van der Waals surface area contributed by atoms with Crippen molar-refractivity contribution in [3.63, 3.8) is 0 Å². The number of piperazine rings is 1. The van der Waals surface area contributed by atoms with E-state index in [2.05, 4.69) is 4.90 Å². The summed E-state index contributed by atoms with van der Waals surface area (Å²) in [6, 6.07) is 19.2. The summed E-state index contributed by atoms with van der Waals surface area (Å²) < 4.78 is 0. The monoisotopic (exact) mass is 425 g/mol. The van der Waals surface area contributed by atoms with Crippen molar-refractivity contribution in [2.75, 3.05) is 32.7 Å². The lowest BCUT2D eigenvalue weighted by Gasteiger charge is -2.36. The number of carbonyl (C=O) groups is 1. The van der Waals surface area contributed by atoms with Crippen LogP contribution >= 0.6 is 24.8 Å². The Bertz CT molecular complexity index is 695. The van der Waals surface area contributed by atoms with Crippen LogP contribution in [0.3, 0.4) is 0 Å². The fraction of sp³-hybridized carbons (Fsp3) is 0.381. The molecule has 7 heteroatoms. The van der Waals surface area contributed by atoms with Gasteiger partial charge in [0.15, 0.2) is 0 Å². The van der Waals surface area contributed by atoms with E-state index < -0.39 is 6.10 Å². The summed E-state index contributed by atoms with van der Waals surface area (Å²) in [7, 11) is 0. The van der Waals surface area contributed by atoms with Gasteiger partial charge in [-0.25, -0.2) is 0 Å². The summed E-state index contributed by atoms with van der Waals surface area (Å²) in [5.74, 6) is 0.101. The van der Waals surface area contributed by atoms with Crippen LogP contribution in [0.5, 0.6) is 0 Å². The minimum absolute atomic E-state index is 0. The highest BCUT2D eigenvalue weighted by molar-refractivity contribution is 5.85. The Morgan fingerprint density at radius 2 is 1.39 bits per heavy atom. The number of aliphatic hydroxyl groups is 1. The van der Waals surface area contributed by atoms with Crippen molar-refractivity contribution in [1.82, 2.24) is 9.80 Å². The zero-order valence-corrected chi connectivity index (χ0v) is 17.4. The van der Waals surface area contributed by atoms with Crippen molar-refractivity contribution in [3.05, 3.63) is 71.8 Å². The van der Waals surface area contributed by atoms with E-state index in [0.717, 1.165) is 24.2 Å². The second-order valence-corrected chi connectivity index (χ2v) is 6.83. The number of nitrogens with two attached hydrogens (primary N) is 1. The van der Waals surface area contributed by atoms with Gasteiger partial charge in [0.05, 0.1) is 6.10 Å². The first-order valence-electron chi connectivity index (χ1n) is 9.17. The molecule has 1 aliphatic rings. The van der Waals surface area contributed by atoms with E-state index in [1.165, 1.54) is 0 Å². The molecule has 2 aromatic rings. The third kappa shape index (κ3) is 6.76.